The molecule has 0 heterocycles. The molecule has 1 rings (SSSR count). The molecule has 0 N–H and O–H groups in total. The van der Waals surface area contributed by atoms with Gasteiger partial charge in [-0.3, -0.25) is 4.79 Å². The molecular formula is C15H20O3. The van der Waals surface area contributed by atoms with Crippen LogP contribution in [0.5, 0.6) is 5.75 Å². The van der Waals surface area contributed by atoms with Crippen molar-refractivity contribution in [2.45, 2.75) is 20.3 Å². The average molecular weight is 248 g/mol. The van der Waals surface area contributed by atoms with Crippen LogP contribution in [0.3, 0.4) is 0 Å². The van der Waals surface area contributed by atoms with E-state index in [2.05, 4.69) is 6.58 Å². The van der Waals surface area contributed by atoms with Gasteiger partial charge >= 0.3 is 5.97 Å². The molecule has 0 radical (unpaired) electrons. The van der Waals surface area contributed by atoms with E-state index >= 15 is 0 Å². The molecule has 0 aliphatic heterocycles. The Kier molecular flexibility index (Phi) is 5.43. The van der Waals surface area contributed by atoms with Crippen molar-refractivity contribution in [3.05, 3.63) is 43.0 Å². The summed E-state index contributed by atoms with van der Waals surface area (Å²) < 4.78 is 10.6. The van der Waals surface area contributed by atoms with Crippen LogP contribution in [0.4, 0.5) is 0 Å². The normalized spacial score (nSPS) is 13.4. The van der Waals surface area contributed by atoms with Crippen LogP contribution in [0, 0.1) is 5.41 Å². The van der Waals surface area contributed by atoms with Gasteiger partial charge in [0.05, 0.1) is 18.6 Å². The molecule has 0 spiro atoms. The smallest absolute Gasteiger partial charge is 0.315 e. The van der Waals surface area contributed by atoms with Crippen molar-refractivity contribution in [1.29, 1.82) is 0 Å². The fraction of sp³-hybridized carbons (Fsp3) is 0.400. The average Bonchev–Trinajstić information content (AvgIpc) is 2.40. The molecule has 0 amide bonds. The van der Waals surface area contributed by atoms with E-state index < -0.39 is 5.41 Å². The van der Waals surface area contributed by atoms with Crippen LogP contribution >= 0.6 is 0 Å². The third-order valence-electron chi connectivity index (χ3n) is 2.83. The van der Waals surface area contributed by atoms with E-state index in [4.69, 9.17) is 9.47 Å². The van der Waals surface area contributed by atoms with Crippen LogP contribution in [-0.2, 0) is 9.53 Å². The molecule has 1 atom stereocenters. The van der Waals surface area contributed by atoms with Crippen molar-refractivity contribution in [2.24, 2.45) is 5.41 Å². The van der Waals surface area contributed by atoms with E-state index in [9.17, 15) is 4.79 Å². The largest absolute Gasteiger partial charge is 0.494 e. The van der Waals surface area contributed by atoms with E-state index in [1.54, 1.807) is 13.0 Å². The standard InChI is InChI=1S/C15H20O3/c1-4-15(3,14(16)17-5-2)11-12-18-13-9-7-6-8-10-13/h4,6-10H,1,5,11-12H2,2-3H3. The Labute approximate surface area is 108 Å². The lowest BCUT2D eigenvalue weighted by atomic mass is 9.87. The lowest BCUT2D eigenvalue weighted by molar-refractivity contribution is -0.152. The molecule has 0 aliphatic carbocycles. The van der Waals surface area contributed by atoms with Crippen LogP contribution in [0.25, 0.3) is 0 Å². The molecule has 98 valence electrons. The number of ether oxygens (including phenoxy) is 2. The third-order valence-corrected chi connectivity index (χ3v) is 2.83. The highest BCUT2D eigenvalue weighted by molar-refractivity contribution is 5.78. The quantitative estimate of drug-likeness (QED) is 0.549. The van der Waals surface area contributed by atoms with Gasteiger partial charge in [-0.1, -0.05) is 24.3 Å². The third kappa shape index (κ3) is 3.91. The predicted octanol–water partition coefficient (Wildman–Crippen LogP) is 3.21. The molecule has 0 saturated carbocycles. The first-order valence-electron chi connectivity index (χ1n) is 6.11. The van der Waals surface area contributed by atoms with Crippen LogP contribution in [0.2, 0.25) is 0 Å². The van der Waals surface area contributed by atoms with Gasteiger partial charge in [-0.2, -0.15) is 0 Å². The predicted molar refractivity (Wildman–Crippen MR) is 71.5 cm³/mol. The van der Waals surface area contributed by atoms with Crippen molar-refractivity contribution in [1.82, 2.24) is 0 Å². The zero-order valence-corrected chi connectivity index (χ0v) is 11.0. The van der Waals surface area contributed by atoms with Crippen LogP contribution in [-0.4, -0.2) is 19.2 Å². The van der Waals surface area contributed by atoms with Gasteiger partial charge in [0.2, 0.25) is 0 Å². The molecule has 3 nitrogen and oxygen atoms in total. The minimum absolute atomic E-state index is 0.253. The summed E-state index contributed by atoms with van der Waals surface area (Å²) >= 11 is 0. The highest BCUT2D eigenvalue weighted by Crippen LogP contribution is 2.25. The molecule has 0 saturated heterocycles. The highest BCUT2D eigenvalue weighted by atomic mass is 16.5. The lowest BCUT2D eigenvalue weighted by Crippen LogP contribution is -2.29. The van der Waals surface area contributed by atoms with Gasteiger partial charge in [-0.05, 0) is 26.0 Å². The van der Waals surface area contributed by atoms with E-state index in [0.717, 1.165) is 5.75 Å². The van der Waals surface area contributed by atoms with Gasteiger partial charge in [-0.25, -0.2) is 0 Å². The molecular weight excluding hydrogens is 228 g/mol. The van der Waals surface area contributed by atoms with E-state index in [0.29, 0.717) is 19.6 Å². The first-order chi connectivity index (χ1) is 8.62. The molecule has 0 aromatic heterocycles. The molecule has 1 aromatic rings. The summed E-state index contributed by atoms with van der Waals surface area (Å²) in [5.41, 5.74) is -0.690. The van der Waals surface area contributed by atoms with Crippen molar-refractivity contribution >= 4 is 5.97 Å². The second kappa shape index (κ2) is 6.84. The van der Waals surface area contributed by atoms with Gasteiger partial charge in [0.15, 0.2) is 0 Å². The van der Waals surface area contributed by atoms with E-state index in [1.165, 1.54) is 0 Å². The van der Waals surface area contributed by atoms with Gasteiger partial charge in [-0.15, -0.1) is 6.58 Å². The minimum Gasteiger partial charge on any atom is -0.494 e. The molecule has 0 bridgehead atoms. The summed E-state index contributed by atoms with van der Waals surface area (Å²) in [4.78, 5) is 11.8. The number of hydrogen-bond acceptors (Lipinski definition) is 3. The number of carbonyl (C=O) groups is 1. The summed E-state index contributed by atoms with van der Waals surface area (Å²) in [5.74, 6) is 0.546. The Hall–Kier alpha value is -1.77. The Morgan fingerprint density at radius 1 is 1.39 bits per heavy atom. The van der Waals surface area contributed by atoms with E-state index in [-0.39, 0.29) is 5.97 Å². The van der Waals surface area contributed by atoms with Gasteiger partial charge in [0.1, 0.15) is 5.75 Å². The first kappa shape index (κ1) is 14.3. The van der Waals surface area contributed by atoms with Crippen LogP contribution < -0.4 is 4.74 Å². The number of esters is 1. The summed E-state index contributed by atoms with van der Waals surface area (Å²) in [6.07, 6.45) is 2.17. The Bertz CT molecular complexity index is 386. The van der Waals surface area contributed by atoms with Crippen molar-refractivity contribution < 1.29 is 14.3 Å². The van der Waals surface area contributed by atoms with Crippen LogP contribution in [0.1, 0.15) is 20.3 Å². The van der Waals surface area contributed by atoms with Crippen molar-refractivity contribution in [3.8, 4) is 5.75 Å². The highest BCUT2D eigenvalue weighted by Gasteiger charge is 2.31. The number of carbonyl (C=O) groups excluding carboxylic acids is 1. The molecule has 0 aliphatic rings. The fourth-order valence-electron chi connectivity index (χ4n) is 1.48. The summed E-state index contributed by atoms with van der Waals surface area (Å²) in [5, 5.41) is 0. The molecule has 18 heavy (non-hydrogen) atoms. The Balaban J connectivity index is 2.49. The maximum Gasteiger partial charge on any atom is 0.315 e. The zero-order chi connectivity index (χ0) is 13.4. The topological polar surface area (TPSA) is 35.5 Å². The number of benzene rings is 1. The molecule has 1 unspecified atom stereocenters. The number of rotatable bonds is 7. The summed E-state index contributed by atoms with van der Waals surface area (Å²) in [6, 6.07) is 9.52. The lowest BCUT2D eigenvalue weighted by Gasteiger charge is -2.23. The number of para-hydroxylation sites is 1. The first-order valence-corrected chi connectivity index (χ1v) is 6.11. The minimum atomic E-state index is -0.690. The molecule has 0 fully saturated rings. The zero-order valence-electron chi connectivity index (χ0n) is 11.0. The maximum absolute atomic E-state index is 11.8. The van der Waals surface area contributed by atoms with Gasteiger partial charge in [0, 0.05) is 6.42 Å². The fourth-order valence-corrected chi connectivity index (χ4v) is 1.48. The Morgan fingerprint density at radius 3 is 2.61 bits per heavy atom. The van der Waals surface area contributed by atoms with Gasteiger partial charge < -0.3 is 9.47 Å². The number of hydrogen-bond donors (Lipinski definition) is 0. The van der Waals surface area contributed by atoms with Crippen molar-refractivity contribution in [2.75, 3.05) is 13.2 Å². The summed E-state index contributed by atoms with van der Waals surface area (Å²) in [6.45, 7) is 8.14. The maximum atomic E-state index is 11.8. The monoisotopic (exact) mass is 248 g/mol. The van der Waals surface area contributed by atoms with Gasteiger partial charge in [0.25, 0.3) is 0 Å². The van der Waals surface area contributed by atoms with Crippen LogP contribution in [0.15, 0.2) is 43.0 Å². The van der Waals surface area contributed by atoms with Crippen molar-refractivity contribution in [3.63, 3.8) is 0 Å². The second-order valence-corrected chi connectivity index (χ2v) is 4.25. The molecule has 1 aromatic carbocycles. The SMILES string of the molecule is C=CC(C)(CCOc1ccccc1)C(=O)OCC. The van der Waals surface area contributed by atoms with E-state index in [1.807, 2.05) is 37.3 Å². The summed E-state index contributed by atoms with van der Waals surface area (Å²) in [7, 11) is 0. The Morgan fingerprint density at radius 2 is 2.06 bits per heavy atom. The molecule has 3 heteroatoms. The second-order valence-electron chi connectivity index (χ2n) is 4.25.